The van der Waals surface area contributed by atoms with Crippen LogP contribution in [0.4, 0.5) is 0 Å². The normalized spacial score (nSPS) is 12.0. The second-order valence-electron chi connectivity index (χ2n) is 3.20. The summed E-state index contributed by atoms with van der Waals surface area (Å²) in [6.07, 6.45) is -1.52. The maximum atomic E-state index is 11.3. The van der Waals surface area contributed by atoms with Crippen molar-refractivity contribution in [1.82, 2.24) is 0 Å². The van der Waals surface area contributed by atoms with Crippen LogP contribution in [0.25, 0.3) is 0 Å². The highest BCUT2D eigenvalue weighted by Crippen LogP contribution is 2.35. The molecule has 94 valence electrons. The molecule has 0 aliphatic rings. The maximum Gasteiger partial charge on any atom is 0.339 e. The second-order valence-corrected chi connectivity index (χ2v) is 4.05. The molecule has 6 heteroatoms. The van der Waals surface area contributed by atoms with Crippen LogP contribution in [-0.2, 0) is 9.53 Å². The number of aliphatic hydroxyl groups excluding tert-OH is 1. The Labute approximate surface area is 107 Å². The fourth-order valence-corrected chi connectivity index (χ4v) is 1.80. The quantitative estimate of drug-likeness (QED) is 0.829. The van der Waals surface area contributed by atoms with Gasteiger partial charge >= 0.3 is 5.97 Å². The molecule has 1 aromatic carbocycles. The van der Waals surface area contributed by atoms with Crippen LogP contribution in [0.5, 0.6) is 11.5 Å². The molecule has 0 amide bonds. The predicted octanol–water partition coefficient (Wildman–Crippen LogP) is 1.76. The van der Waals surface area contributed by atoms with E-state index in [1.165, 1.54) is 19.2 Å². The molecular formula is C11H13BrO5. The lowest BCUT2D eigenvalue weighted by Gasteiger charge is -2.13. The average Bonchev–Trinajstić information content (AvgIpc) is 2.31. The largest absolute Gasteiger partial charge is 0.507 e. The Bertz CT molecular complexity index is 419. The highest BCUT2D eigenvalue weighted by Gasteiger charge is 2.23. The molecule has 1 unspecified atom stereocenters. The summed E-state index contributed by atoms with van der Waals surface area (Å²) in [6.45, 7) is 1.79. The number of carbonyl (C=O) groups excluding carboxylic acids is 1. The number of methoxy groups -OCH3 is 1. The molecule has 0 fully saturated rings. The van der Waals surface area contributed by atoms with Gasteiger partial charge in [-0.3, -0.25) is 0 Å². The fraction of sp³-hybridized carbons (Fsp3) is 0.364. The number of ether oxygens (including phenoxy) is 2. The first-order chi connectivity index (χ1) is 8.01. The number of halogens is 1. The van der Waals surface area contributed by atoms with Crippen LogP contribution in [0, 0.1) is 0 Å². The van der Waals surface area contributed by atoms with E-state index in [1.807, 2.05) is 0 Å². The number of aromatic hydroxyl groups is 1. The molecule has 0 aliphatic carbocycles. The van der Waals surface area contributed by atoms with Crippen molar-refractivity contribution in [3.05, 3.63) is 22.2 Å². The van der Waals surface area contributed by atoms with Gasteiger partial charge in [-0.15, -0.1) is 0 Å². The summed E-state index contributed by atoms with van der Waals surface area (Å²) in [4.78, 5) is 11.3. The lowest BCUT2D eigenvalue weighted by atomic mass is 10.1. The van der Waals surface area contributed by atoms with Crippen LogP contribution in [0.15, 0.2) is 16.6 Å². The number of hydrogen-bond donors (Lipinski definition) is 2. The van der Waals surface area contributed by atoms with E-state index in [-0.39, 0.29) is 17.9 Å². The lowest BCUT2D eigenvalue weighted by molar-refractivity contribution is -0.153. The third kappa shape index (κ3) is 3.10. The number of rotatable bonds is 4. The van der Waals surface area contributed by atoms with Crippen LogP contribution in [0.1, 0.15) is 18.6 Å². The van der Waals surface area contributed by atoms with Crippen molar-refractivity contribution < 1.29 is 24.5 Å². The van der Waals surface area contributed by atoms with Gasteiger partial charge in [-0.25, -0.2) is 4.79 Å². The smallest absolute Gasteiger partial charge is 0.339 e. The minimum absolute atomic E-state index is 0.0659. The Morgan fingerprint density at radius 1 is 1.53 bits per heavy atom. The highest BCUT2D eigenvalue weighted by atomic mass is 79.9. The third-order valence-electron chi connectivity index (χ3n) is 2.11. The Morgan fingerprint density at radius 2 is 2.18 bits per heavy atom. The van der Waals surface area contributed by atoms with E-state index in [0.717, 1.165) is 0 Å². The Hall–Kier alpha value is -1.27. The molecule has 2 N–H and O–H groups in total. The van der Waals surface area contributed by atoms with Crippen LogP contribution in [0.3, 0.4) is 0 Å². The summed E-state index contributed by atoms with van der Waals surface area (Å²) < 4.78 is 10.2. The van der Waals surface area contributed by atoms with Crippen molar-refractivity contribution in [2.45, 2.75) is 13.0 Å². The molecule has 0 bridgehead atoms. The minimum atomic E-state index is -1.52. The van der Waals surface area contributed by atoms with E-state index < -0.39 is 12.1 Å². The topological polar surface area (TPSA) is 76.0 Å². The van der Waals surface area contributed by atoms with E-state index >= 15 is 0 Å². The monoisotopic (exact) mass is 304 g/mol. The van der Waals surface area contributed by atoms with Gasteiger partial charge in [0.05, 0.1) is 18.2 Å². The van der Waals surface area contributed by atoms with Gasteiger partial charge in [-0.05, 0) is 28.9 Å². The number of carbonyl (C=O) groups is 1. The van der Waals surface area contributed by atoms with Gasteiger partial charge in [0.15, 0.2) is 6.10 Å². The summed E-state index contributed by atoms with van der Waals surface area (Å²) in [5.74, 6) is -0.632. The van der Waals surface area contributed by atoms with Crippen LogP contribution in [0.2, 0.25) is 0 Å². The molecule has 0 heterocycles. The van der Waals surface area contributed by atoms with E-state index in [1.54, 1.807) is 6.92 Å². The Morgan fingerprint density at radius 3 is 2.71 bits per heavy atom. The summed E-state index contributed by atoms with van der Waals surface area (Å²) in [6, 6.07) is 2.72. The molecule has 0 spiro atoms. The number of esters is 1. The molecule has 1 aromatic rings. The molecular weight excluding hydrogens is 292 g/mol. The predicted molar refractivity (Wildman–Crippen MR) is 64.0 cm³/mol. The Balaban J connectivity index is 3.06. The molecule has 0 saturated carbocycles. The van der Waals surface area contributed by atoms with Gasteiger partial charge in [0.2, 0.25) is 0 Å². The summed E-state index contributed by atoms with van der Waals surface area (Å²) in [5.41, 5.74) is 0.0659. The van der Waals surface area contributed by atoms with Gasteiger partial charge in [0.1, 0.15) is 11.5 Å². The van der Waals surface area contributed by atoms with Gasteiger partial charge in [0, 0.05) is 11.6 Å². The van der Waals surface area contributed by atoms with E-state index in [4.69, 9.17) is 4.74 Å². The summed E-state index contributed by atoms with van der Waals surface area (Å²) in [5, 5.41) is 19.4. The van der Waals surface area contributed by atoms with E-state index in [9.17, 15) is 15.0 Å². The molecule has 0 aliphatic heterocycles. The number of benzene rings is 1. The zero-order chi connectivity index (χ0) is 13.0. The van der Waals surface area contributed by atoms with Gasteiger partial charge in [-0.2, -0.15) is 0 Å². The van der Waals surface area contributed by atoms with Gasteiger partial charge in [-0.1, -0.05) is 0 Å². The molecule has 1 rings (SSSR count). The van der Waals surface area contributed by atoms with Crippen molar-refractivity contribution in [1.29, 1.82) is 0 Å². The number of phenolic OH excluding ortho intramolecular Hbond substituents is 1. The molecule has 5 nitrogen and oxygen atoms in total. The van der Waals surface area contributed by atoms with Crippen molar-refractivity contribution in [2.24, 2.45) is 0 Å². The number of hydrogen-bond acceptors (Lipinski definition) is 5. The molecule has 0 aromatic heterocycles. The van der Waals surface area contributed by atoms with Crippen molar-refractivity contribution >= 4 is 21.9 Å². The standard InChI is InChI=1S/C11H13BrO5/c1-3-17-11(15)10(14)6-4-7(12)9(16-2)5-8(6)13/h4-5,10,13-14H,3H2,1-2H3. The molecule has 1 atom stereocenters. The van der Waals surface area contributed by atoms with E-state index in [0.29, 0.717) is 10.2 Å². The first-order valence-electron chi connectivity index (χ1n) is 4.92. The van der Waals surface area contributed by atoms with Crippen molar-refractivity contribution in [3.8, 4) is 11.5 Å². The lowest BCUT2D eigenvalue weighted by Crippen LogP contribution is -2.15. The first kappa shape index (κ1) is 13.8. The van der Waals surface area contributed by atoms with Crippen LogP contribution >= 0.6 is 15.9 Å². The zero-order valence-corrected chi connectivity index (χ0v) is 11.0. The fourth-order valence-electron chi connectivity index (χ4n) is 1.28. The SMILES string of the molecule is CCOC(=O)C(O)c1cc(Br)c(OC)cc1O. The van der Waals surface area contributed by atoms with Crippen molar-refractivity contribution in [3.63, 3.8) is 0 Å². The Kier molecular flexibility index (Phi) is 4.77. The minimum Gasteiger partial charge on any atom is -0.507 e. The third-order valence-corrected chi connectivity index (χ3v) is 2.73. The first-order valence-corrected chi connectivity index (χ1v) is 5.71. The summed E-state index contributed by atoms with van der Waals surface area (Å²) in [7, 11) is 1.45. The van der Waals surface area contributed by atoms with Crippen LogP contribution < -0.4 is 4.74 Å². The molecule has 0 saturated heterocycles. The zero-order valence-electron chi connectivity index (χ0n) is 9.44. The van der Waals surface area contributed by atoms with Gasteiger partial charge in [0.25, 0.3) is 0 Å². The number of phenols is 1. The second kappa shape index (κ2) is 5.88. The number of aliphatic hydroxyl groups is 1. The van der Waals surface area contributed by atoms with Gasteiger partial charge < -0.3 is 19.7 Å². The molecule has 17 heavy (non-hydrogen) atoms. The molecule has 0 radical (unpaired) electrons. The van der Waals surface area contributed by atoms with Crippen molar-refractivity contribution in [2.75, 3.05) is 13.7 Å². The average molecular weight is 305 g/mol. The van der Waals surface area contributed by atoms with Crippen LogP contribution in [-0.4, -0.2) is 29.9 Å². The highest BCUT2D eigenvalue weighted by molar-refractivity contribution is 9.10. The van der Waals surface area contributed by atoms with E-state index in [2.05, 4.69) is 20.7 Å². The maximum absolute atomic E-state index is 11.3. The summed E-state index contributed by atoms with van der Waals surface area (Å²) >= 11 is 3.20.